The average Bonchev–Trinajstić information content (AvgIpc) is 3.10. The summed E-state index contributed by atoms with van der Waals surface area (Å²) >= 11 is 11.9. The summed E-state index contributed by atoms with van der Waals surface area (Å²) in [6.07, 6.45) is 4.27. The molecule has 0 aliphatic carbocycles. The number of nitrogens with zero attached hydrogens (tertiary/aromatic N) is 2. The van der Waals surface area contributed by atoms with Gasteiger partial charge in [0.1, 0.15) is 5.75 Å². The maximum absolute atomic E-state index is 12.2. The van der Waals surface area contributed by atoms with E-state index in [0.717, 1.165) is 16.9 Å². The second-order valence-electron chi connectivity index (χ2n) is 6.19. The highest BCUT2D eigenvalue weighted by Gasteiger charge is 2.09. The van der Waals surface area contributed by atoms with Crippen molar-refractivity contribution in [2.75, 3.05) is 19.0 Å². The molecule has 28 heavy (non-hydrogen) atoms. The van der Waals surface area contributed by atoms with Crippen LogP contribution in [0.4, 0.5) is 10.5 Å². The molecular formula is C20H20Cl2N4O2. The predicted octanol–water partition coefficient (Wildman–Crippen LogP) is 4.86. The zero-order valence-corrected chi connectivity index (χ0v) is 17.0. The van der Waals surface area contributed by atoms with Crippen LogP contribution in [0.1, 0.15) is 11.3 Å². The van der Waals surface area contributed by atoms with Crippen LogP contribution in [0.5, 0.6) is 5.75 Å². The number of anilines is 1. The number of nitrogens with one attached hydrogen (secondary N) is 2. The highest BCUT2D eigenvalue weighted by molar-refractivity contribution is 6.42. The first-order valence-corrected chi connectivity index (χ1v) is 9.39. The zero-order valence-electron chi connectivity index (χ0n) is 15.5. The van der Waals surface area contributed by atoms with Crippen molar-refractivity contribution in [1.82, 2.24) is 14.9 Å². The number of rotatable bonds is 6. The van der Waals surface area contributed by atoms with E-state index >= 15 is 0 Å². The molecule has 3 rings (SSSR count). The van der Waals surface area contributed by atoms with E-state index in [0.29, 0.717) is 34.4 Å². The number of hydrogen-bond donors (Lipinski definition) is 2. The van der Waals surface area contributed by atoms with Gasteiger partial charge in [0.25, 0.3) is 0 Å². The first-order chi connectivity index (χ1) is 13.5. The van der Waals surface area contributed by atoms with Crippen LogP contribution in [0.25, 0.3) is 5.69 Å². The van der Waals surface area contributed by atoms with Gasteiger partial charge in [-0.3, -0.25) is 0 Å². The van der Waals surface area contributed by atoms with Gasteiger partial charge >= 0.3 is 6.03 Å². The molecule has 2 N–H and O–H groups in total. The van der Waals surface area contributed by atoms with E-state index in [1.165, 1.54) is 0 Å². The summed E-state index contributed by atoms with van der Waals surface area (Å²) in [5.74, 6) is 0.631. The van der Waals surface area contributed by atoms with E-state index in [1.54, 1.807) is 31.6 Å². The van der Waals surface area contributed by atoms with Gasteiger partial charge < -0.3 is 19.9 Å². The van der Waals surface area contributed by atoms with E-state index in [2.05, 4.69) is 15.6 Å². The van der Waals surface area contributed by atoms with Gasteiger partial charge in [-0.25, -0.2) is 9.78 Å². The third-order valence-corrected chi connectivity index (χ3v) is 4.85. The van der Waals surface area contributed by atoms with Crippen molar-refractivity contribution in [3.63, 3.8) is 0 Å². The van der Waals surface area contributed by atoms with Gasteiger partial charge in [0.15, 0.2) is 0 Å². The molecule has 3 aromatic rings. The lowest BCUT2D eigenvalue weighted by molar-refractivity contribution is 0.252. The van der Waals surface area contributed by atoms with E-state index in [9.17, 15) is 4.79 Å². The molecule has 0 spiro atoms. The molecule has 0 aliphatic rings. The van der Waals surface area contributed by atoms with Crippen LogP contribution in [0.3, 0.4) is 0 Å². The highest BCUT2D eigenvalue weighted by Crippen LogP contribution is 2.27. The summed E-state index contributed by atoms with van der Waals surface area (Å²) in [6, 6.07) is 10.6. The number of methoxy groups -OCH3 is 1. The largest absolute Gasteiger partial charge is 0.494 e. The molecule has 0 atom stereocenters. The number of amides is 2. The van der Waals surface area contributed by atoms with Crippen molar-refractivity contribution in [1.29, 1.82) is 0 Å². The standard InChI is InChI=1S/C20H20Cl2N4O2/c1-13-11-26(12-24-13)18-6-4-15(10-19(18)28-2)25-20(27)23-8-7-14-3-5-16(21)17(22)9-14/h3-6,9-12H,7-8H2,1-2H3,(H2,23,25,27). The number of urea groups is 1. The number of carbonyl (C=O) groups excluding carboxylic acids is 1. The Morgan fingerprint density at radius 1 is 1.18 bits per heavy atom. The van der Waals surface area contributed by atoms with E-state index < -0.39 is 0 Å². The third kappa shape index (κ3) is 4.97. The number of benzene rings is 2. The Hall–Kier alpha value is -2.70. The molecule has 146 valence electrons. The molecule has 0 radical (unpaired) electrons. The number of ether oxygens (including phenoxy) is 1. The maximum Gasteiger partial charge on any atom is 0.319 e. The Labute approximate surface area is 173 Å². The number of aromatic nitrogens is 2. The normalized spacial score (nSPS) is 10.6. The number of hydrogen-bond acceptors (Lipinski definition) is 3. The Balaban J connectivity index is 1.58. The molecular weight excluding hydrogens is 399 g/mol. The Bertz CT molecular complexity index is 988. The van der Waals surface area contributed by atoms with Crippen molar-refractivity contribution in [3.05, 3.63) is 70.2 Å². The van der Waals surface area contributed by atoms with Crippen LogP contribution >= 0.6 is 23.2 Å². The van der Waals surface area contributed by atoms with Gasteiger partial charge in [-0.05, 0) is 43.2 Å². The molecule has 0 aliphatic heterocycles. The summed E-state index contributed by atoms with van der Waals surface area (Å²) in [5, 5.41) is 6.64. The Morgan fingerprint density at radius 2 is 2.00 bits per heavy atom. The lowest BCUT2D eigenvalue weighted by Crippen LogP contribution is -2.30. The number of imidazole rings is 1. The van der Waals surface area contributed by atoms with Crippen molar-refractivity contribution in [3.8, 4) is 11.4 Å². The molecule has 0 bridgehead atoms. The Kier molecular flexibility index (Phi) is 6.44. The number of halogens is 2. The quantitative estimate of drug-likeness (QED) is 0.600. The lowest BCUT2D eigenvalue weighted by atomic mass is 10.1. The molecule has 2 aromatic carbocycles. The van der Waals surface area contributed by atoms with Gasteiger partial charge in [0.05, 0.1) is 34.9 Å². The molecule has 1 aromatic heterocycles. The first-order valence-electron chi connectivity index (χ1n) is 8.64. The zero-order chi connectivity index (χ0) is 20.1. The first kappa shape index (κ1) is 20.0. The van der Waals surface area contributed by atoms with E-state index in [4.69, 9.17) is 27.9 Å². The maximum atomic E-state index is 12.2. The molecule has 0 saturated heterocycles. The predicted molar refractivity (Wildman–Crippen MR) is 112 cm³/mol. The molecule has 2 amide bonds. The molecule has 0 saturated carbocycles. The fourth-order valence-electron chi connectivity index (χ4n) is 2.71. The molecule has 0 fully saturated rings. The number of aryl methyl sites for hydroxylation is 1. The Morgan fingerprint density at radius 3 is 2.68 bits per heavy atom. The molecule has 6 nitrogen and oxygen atoms in total. The minimum Gasteiger partial charge on any atom is -0.494 e. The minimum absolute atomic E-state index is 0.298. The van der Waals surface area contributed by atoms with Gasteiger partial charge in [-0.2, -0.15) is 0 Å². The van der Waals surface area contributed by atoms with Crippen LogP contribution in [0.15, 0.2) is 48.9 Å². The van der Waals surface area contributed by atoms with Gasteiger partial charge in [0.2, 0.25) is 0 Å². The van der Waals surface area contributed by atoms with Crippen LogP contribution < -0.4 is 15.4 Å². The van der Waals surface area contributed by atoms with Gasteiger partial charge in [-0.1, -0.05) is 29.3 Å². The second-order valence-corrected chi connectivity index (χ2v) is 7.00. The van der Waals surface area contributed by atoms with Crippen molar-refractivity contribution >= 4 is 34.9 Å². The average molecular weight is 419 g/mol. The summed E-state index contributed by atoms with van der Waals surface area (Å²) < 4.78 is 7.32. The fraction of sp³-hybridized carbons (Fsp3) is 0.200. The van der Waals surface area contributed by atoms with E-state index in [-0.39, 0.29) is 6.03 Å². The van der Waals surface area contributed by atoms with Crippen LogP contribution in [0, 0.1) is 6.92 Å². The summed E-state index contributed by atoms with van der Waals surface area (Å²) in [5.41, 5.74) is 3.38. The van der Waals surface area contributed by atoms with Gasteiger partial charge in [-0.15, -0.1) is 0 Å². The molecule has 8 heteroatoms. The third-order valence-electron chi connectivity index (χ3n) is 4.11. The minimum atomic E-state index is -0.298. The topological polar surface area (TPSA) is 68.2 Å². The highest BCUT2D eigenvalue weighted by atomic mass is 35.5. The van der Waals surface area contributed by atoms with Crippen molar-refractivity contribution < 1.29 is 9.53 Å². The van der Waals surface area contributed by atoms with Crippen molar-refractivity contribution in [2.24, 2.45) is 0 Å². The van der Waals surface area contributed by atoms with Crippen LogP contribution in [-0.2, 0) is 6.42 Å². The van der Waals surface area contributed by atoms with E-state index in [1.807, 2.05) is 35.9 Å². The fourth-order valence-corrected chi connectivity index (χ4v) is 3.03. The number of carbonyl (C=O) groups is 1. The van der Waals surface area contributed by atoms with Crippen molar-refractivity contribution in [2.45, 2.75) is 13.3 Å². The summed E-state index contributed by atoms with van der Waals surface area (Å²) in [7, 11) is 1.59. The van der Waals surface area contributed by atoms with Crippen LogP contribution in [0.2, 0.25) is 10.0 Å². The summed E-state index contributed by atoms with van der Waals surface area (Å²) in [6.45, 7) is 2.38. The monoisotopic (exact) mass is 418 g/mol. The van der Waals surface area contributed by atoms with Gasteiger partial charge in [0, 0.05) is 24.5 Å². The second kappa shape index (κ2) is 8.99. The SMILES string of the molecule is COc1cc(NC(=O)NCCc2ccc(Cl)c(Cl)c2)ccc1-n1cnc(C)c1. The smallest absolute Gasteiger partial charge is 0.319 e. The molecule has 0 unspecified atom stereocenters. The van der Waals surface area contributed by atoms with Crippen LogP contribution in [-0.4, -0.2) is 29.2 Å². The molecule has 1 heterocycles. The summed E-state index contributed by atoms with van der Waals surface area (Å²) in [4.78, 5) is 16.4. The lowest BCUT2D eigenvalue weighted by Gasteiger charge is -2.12.